The van der Waals surface area contributed by atoms with E-state index < -0.39 is 0 Å². The van der Waals surface area contributed by atoms with Gasteiger partial charge in [0.05, 0.1) is 35.1 Å². The van der Waals surface area contributed by atoms with E-state index in [9.17, 15) is 9.59 Å². The molecule has 0 aliphatic heterocycles. The molecule has 0 spiro atoms. The number of nitrogens with zero attached hydrogens (tertiary/aromatic N) is 4. The first-order valence-electron chi connectivity index (χ1n) is 10.5. The molecular weight excluding hydrogens is 468 g/mol. The minimum atomic E-state index is -0.115. The van der Waals surface area contributed by atoms with E-state index in [2.05, 4.69) is 4.98 Å². The van der Waals surface area contributed by atoms with E-state index in [0.717, 1.165) is 11.4 Å². The van der Waals surface area contributed by atoms with Gasteiger partial charge in [0.2, 0.25) is 5.91 Å². The summed E-state index contributed by atoms with van der Waals surface area (Å²) < 4.78 is 7.10. The van der Waals surface area contributed by atoms with Crippen LogP contribution in [-0.4, -0.2) is 20.4 Å². The van der Waals surface area contributed by atoms with Gasteiger partial charge in [-0.1, -0.05) is 42.1 Å². The number of furan rings is 1. The van der Waals surface area contributed by atoms with Crippen molar-refractivity contribution in [3.63, 3.8) is 0 Å². The fraction of sp³-hybridized carbons (Fsp3) is 0.120. The number of para-hydroxylation sites is 2. The maximum absolute atomic E-state index is 13.2. The summed E-state index contributed by atoms with van der Waals surface area (Å²) in [6, 6.07) is 20.4. The Balaban J connectivity index is 1.44. The Morgan fingerprint density at radius 1 is 1.06 bits per heavy atom. The predicted molar refractivity (Wildman–Crippen MR) is 135 cm³/mol. The molecule has 170 valence electrons. The molecule has 34 heavy (non-hydrogen) atoms. The maximum atomic E-state index is 13.2. The van der Waals surface area contributed by atoms with E-state index in [0.29, 0.717) is 39.2 Å². The molecule has 0 aliphatic carbocycles. The minimum Gasteiger partial charge on any atom is -0.467 e. The van der Waals surface area contributed by atoms with Crippen LogP contribution in [-0.2, 0) is 17.1 Å². The summed E-state index contributed by atoms with van der Waals surface area (Å²) in [5.41, 5.74) is 2.11. The lowest BCUT2D eigenvalue weighted by Gasteiger charge is -2.17. The summed E-state index contributed by atoms with van der Waals surface area (Å²) in [6.45, 7) is 1.82. The first kappa shape index (κ1) is 22.1. The van der Waals surface area contributed by atoms with Gasteiger partial charge in [0.15, 0.2) is 10.3 Å². The van der Waals surface area contributed by atoms with Crippen LogP contribution in [0.5, 0.6) is 0 Å². The van der Waals surface area contributed by atoms with Gasteiger partial charge in [-0.15, -0.1) is 11.3 Å². The topological polar surface area (TPSA) is 81.2 Å². The van der Waals surface area contributed by atoms with E-state index >= 15 is 0 Å². The zero-order valence-corrected chi connectivity index (χ0v) is 19.9. The Labute approximate surface area is 203 Å². The largest absolute Gasteiger partial charge is 0.467 e. The second-order valence-electron chi connectivity index (χ2n) is 7.48. The quantitative estimate of drug-likeness (QED) is 0.223. The van der Waals surface area contributed by atoms with Crippen molar-refractivity contribution in [2.24, 2.45) is 0 Å². The molecule has 7 nitrogen and oxygen atoms in total. The number of thiazole rings is 1. The Kier molecular flexibility index (Phi) is 6.29. The molecule has 3 heterocycles. The van der Waals surface area contributed by atoms with Gasteiger partial charge in [0.1, 0.15) is 5.76 Å². The molecule has 0 N–H and O–H groups in total. The van der Waals surface area contributed by atoms with Gasteiger partial charge in [-0.3, -0.25) is 19.1 Å². The van der Waals surface area contributed by atoms with Crippen molar-refractivity contribution in [3.05, 3.63) is 100 Å². The monoisotopic (exact) mass is 488 g/mol. The summed E-state index contributed by atoms with van der Waals surface area (Å²) >= 11 is 2.84. The number of carbonyl (C=O) groups excluding carboxylic acids is 1. The van der Waals surface area contributed by atoms with Gasteiger partial charge in [-0.25, -0.2) is 9.97 Å². The third-order valence-corrected chi connectivity index (χ3v) is 7.01. The molecule has 0 radical (unpaired) electrons. The number of carbonyl (C=O) groups is 1. The summed E-state index contributed by atoms with van der Waals surface area (Å²) in [4.78, 5) is 36.6. The van der Waals surface area contributed by atoms with Gasteiger partial charge in [-0.2, -0.15) is 0 Å². The van der Waals surface area contributed by atoms with Gasteiger partial charge >= 0.3 is 0 Å². The van der Waals surface area contributed by atoms with Crippen LogP contribution < -0.4 is 10.5 Å². The number of hydrogen-bond donors (Lipinski definition) is 0. The summed E-state index contributed by atoms with van der Waals surface area (Å²) in [5, 5.41) is 3.68. The fourth-order valence-corrected chi connectivity index (χ4v) is 5.45. The van der Waals surface area contributed by atoms with Crippen molar-refractivity contribution < 1.29 is 9.21 Å². The summed E-state index contributed by atoms with van der Waals surface area (Å²) in [7, 11) is 0. The van der Waals surface area contributed by atoms with Crippen LogP contribution in [0.2, 0.25) is 0 Å². The molecule has 0 atom stereocenters. The molecule has 5 aromatic rings. The number of hydrogen-bond acceptors (Lipinski definition) is 7. The minimum absolute atomic E-state index is 0.108. The molecule has 0 unspecified atom stereocenters. The number of rotatable bonds is 7. The number of aromatic nitrogens is 3. The molecule has 9 heteroatoms. The van der Waals surface area contributed by atoms with E-state index in [4.69, 9.17) is 9.40 Å². The van der Waals surface area contributed by atoms with Crippen LogP contribution in [0.4, 0.5) is 10.8 Å². The van der Waals surface area contributed by atoms with Crippen molar-refractivity contribution in [2.45, 2.75) is 24.4 Å². The van der Waals surface area contributed by atoms with Crippen molar-refractivity contribution in [2.75, 3.05) is 4.90 Å². The third kappa shape index (κ3) is 4.52. The Morgan fingerprint density at radius 2 is 1.85 bits per heavy atom. The highest BCUT2D eigenvalue weighted by Gasteiger charge is 2.19. The summed E-state index contributed by atoms with van der Waals surface area (Å²) in [5.74, 6) is 1.07. The van der Waals surface area contributed by atoms with Crippen LogP contribution in [0.15, 0.2) is 92.7 Å². The van der Waals surface area contributed by atoms with Crippen molar-refractivity contribution in [3.8, 4) is 0 Å². The molecular formula is C25H20N4O3S2. The van der Waals surface area contributed by atoms with Gasteiger partial charge in [0, 0.05) is 18.1 Å². The predicted octanol–water partition coefficient (Wildman–Crippen LogP) is 5.47. The van der Waals surface area contributed by atoms with Crippen LogP contribution >= 0.6 is 23.1 Å². The lowest BCUT2D eigenvalue weighted by atomic mass is 10.2. The third-order valence-electron chi connectivity index (χ3n) is 5.13. The van der Waals surface area contributed by atoms with Crippen LogP contribution in [0.1, 0.15) is 18.4 Å². The SMILES string of the molecule is CC(=O)N(c1ccccc1)c1nc(CSc2nc3ccccc3c(=O)n2Cc2ccco2)cs1. The van der Waals surface area contributed by atoms with Crippen LogP contribution in [0.3, 0.4) is 0 Å². The first-order valence-corrected chi connectivity index (χ1v) is 12.4. The Morgan fingerprint density at radius 3 is 2.62 bits per heavy atom. The average molecular weight is 489 g/mol. The van der Waals surface area contributed by atoms with Gasteiger partial charge in [-0.05, 0) is 36.4 Å². The van der Waals surface area contributed by atoms with E-state index in [1.54, 1.807) is 27.9 Å². The molecule has 0 aliphatic rings. The number of thioether (sulfide) groups is 1. The zero-order chi connectivity index (χ0) is 23.5. The Hall–Kier alpha value is -3.69. The molecule has 3 aromatic heterocycles. The van der Waals surface area contributed by atoms with Crippen molar-refractivity contribution in [1.29, 1.82) is 0 Å². The molecule has 1 amide bonds. The molecule has 0 saturated heterocycles. The van der Waals surface area contributed by atoms with E-state index in [1.807, 2.05) is 60.0 Å². The van der Waals surface area contributed by atoms with E-state index in [1.165, 1.54) is 30.0 Å². The highest BCUT2D eigenvalue weighted by atomic mass is 32.2. The van der Waals surface area contributed by atoms with Crippen molar-refractivity contribution >= 4 is 50.7 Å². The highest BCUT2D eigenvalue weighted by Crippen LogP contribution is 2.31. The smallest absolute Gasteiger partial charge is 0.262 e. The Bertz CT molecular complexity index is 1490. The molecule has 0 fully saturated rings. The molecule has 0 bridgehead atoms. The normalized spacial score (nSPS) is 11.1. The molecule has 0 saturated carbocycles. The highest BCUT2D eigenvalue weighted by molar-refractivity contribution is 7.98. The second kappa shape index (κ2) is 9.66. The maximum Gasteiger partial charge on any atom is 0.262 e. The number of fused-ring (bicyclic) bond motifs is 1. The number of benzene rings is 2. The lowest BCUT2D eigenvalue weighted by molar-refractivity contribution is -0.115. The fourth-order valence-electron chi connectivity index (χ4n) is 3.56. The second-order valence-corrected chi connectivity index (χ2v) is 9.26. The zero-order valence-electron chi connectivity index (χ0n) is 18.2. The number of anilines is 2. The van der Waals surface area contributed by atoms with Crippen LogP contribution in [0.25, 0.3) is 10.9 Å². The standard InChI is InChI=1S/C25H20N4O3S2/c1-17(30)29(19-8-3-2-4-9-19)25-26-18(16-34-25)15-33-24-27-22-12-6-5-11-21(22)23(31)28(24)14-20-10-7-13-32-20/h2-13,16H,14-15H2,1H3. The van der Waals surface area contributed by atoms with Gasteiger partial charge in [0.25, 0.3) is 5.56 Å². The molecule has 5 rings (SSSR count). The van der Waals surface area contributed by atoms with Crippen LogP contribution in [0, 0.1) is 0 Å². The van der Waals surface area contributed by atoms with Gasteiger partial charge < -0.3 is 4.42 Å². The van der Waals surface area contributed by atoms with E-state index in [-0.39, 0.29) is 11.5 Å². The first-order chi connectivity index (χ1) is 16.6. The summed E-state index contributed by atoms with van der Waals surface area (Å²) in [6.07, 6.45) is 1.59. The molecule has 2 aromatic carbocycles. The van der Waals surface area contributed by atoms with Crippen molar-refractivity contribution in [1.82, 2.24) is 14.5 Å². The number of amides is 1. The lowest BCUT2D eigenvalue weighted by Crippen LogP contribution is -2.23. The average Bonchev–Trinajstić information content (AvgIpc) is 3.53.